The minimum Gasteiger partial charge on any atom is -0.496 e. The standard InChI is InChI=1S/C21H21N5O3/c1-13-10-23-16(11-22-13)20-24-17-12-26(8-7-15(17)21(28)25-20)19(27)9-14-5-3-4-6-18(14)29-2/h3-6,10-11H,7-9,12H2,1-2H3,(H,24,25,28). The van der Waals surface area contributed by atoms with Crippen LogP contribution in [0.2, 0.25) is 0 Å². The van der Waals surface area contributed by atoms with Crippen LogP contribution in [0, 0.1) is 6.92 Å². The normalized spacial score (nSPS) is 13.1. The molecule has 0 saturated carbocycles. The topological polar surface area (TPSA) is 101 Å². The Morgan fingerprint density at radius 3 is 2.83 bits per heavy atom. The van der Waals surface area contributed by atoms with Crippen molar-refractivity contribution < 1.29 is 9.53 Å². The lowest BCUT2D eigenvalue weighted by molar-refractivity contribution is -0.131. The van der Waals surface area contributed by atoms with Crippen LogP contribution in [0.3, 0.4) is 0 Å². The lowest BCUT2D eigenvalue weighted by atomic mass is 10.0. The second kappa shape index (κ2) is 7.83. The van der Waals surface area contributed by atoms with Crippen molar-refractivity contribution in [3.8, 4) is 17.3 Å². The van der Waals surface area contributed by atoms with Crippen molar-refractivity contribution in [2.24, 2.45) is 0 Å². The van der Waals surface area contributed by atoms with Crippen molar-refractivity contribution >= 4 is 5.91 Å². The molecule has 29 heavy (non-hydrogen) atoms. The molecule has 0 spiro atoms. The number of fused-ring (bicyclic) bond motifs is 1. The molecule has 0 fully saturated rings. The fourth-order valence-electron chi connectivity index (χ4n) is 3.41. The molecular formula is C21H21N5O3. The molecule has 0 atom stereocenters. The minimum atomic E-state index is -0.191. The Labute approximate surface area is 167 Å². The third kappa shape index (κ3) is 3.87. The predicted octanol–water partition coefficient (Wildman–Crippen LogP) is 1.67. The van der Waals surface area contributed by atoms with Gasteiger partial charge in [-0.05, 0) is 19.4 Å². The van der Waals surface area contributed by atoms with Crippen molar-refractivity contribution in [1.29, 1.82) is 0 Å². The number of aryl methyl sites for hydroxylation is 1. The van der Waals surface area contributed by atoms with Gasteiger partial charge in [0.25, 0.3) is 5.56 Å². The third-order valence-corrected chi connectivity index (χ3v) is 4.98. The summed E-state index contributed by atoms with van der Waals surface area (Å²) in [6.07, 6.45) is 3.90. The number of carbonyl (C=O) groups is 1. The summed E-state index contributed by atoms with van der Waals surface area (Å²) >= 11 is 0. The Balaban J connectivity index is 1.58. The van der Waals surface area contributed by atoms with Gasteiger partial charge in [0.1, 0.15) is 11.4 Å². The zero-order valence-corrected chi connectivity index (χ0v) is 16.3. The van der Waals surface area contributed by atoms with Crippen molar-refractivity contribution in [2.75, 3.05) is 13.7 Å². The second-order valence-electron chi connectivity index (χ2n) is 6.94. The van der Waals surface area contributed by atoms with Gasteiger partial charge in [-0.25, -0.2) is 9.97 Å². The average Bonchev–Trinajstić information content (AvgIpc) is 2.74. The Bertz CT molecular complexity index is 1110. The Morgan fingerprint density at radius 2 is 2.07 bits per heavy atom. The molecule has 1 aliphatic rings. The number of para-hydroxylation sites is 1. The molecular weight excluding hydrogens is 370 g/mol. The van der Waals surface area contributed by atoms with Gasteiger partial charge in [-0.1, -0.05) is 18.2 Å². The van der Waals surface area contributed by atoms with Crippen LogP contribution >= 0.6 is 0 Å². The SMILES string of the molecule is COc1ccccc1CC(=O)N1CCc2c(nc(-c3cnc(C)cn3)[nH]c2=O)C1. The maximum Gasteiger partial charge on any atom is 0.254 e. The largest absolute Gasteiger partial charge is 0.496 e. The quantitative estimate of drug-likeness (QED) is 0.726. The monoisotopic (exact) mass is 391 g/mol. The van der Waals surface area contributed by atoms with Crippen LogP contribution < -0.4 is 10.3 Å². The van der Waals surface area contributed by atoms with Crippen molar-refractivity contribution in [3.63, 3.8) is 0 Å². The number of nitrogens with one attached hydrogen (secondary N) is 1. The van der Waals surface area contributed by atoms with E-state index in [-0.39, 0.29) is 17.9 Å². The van der Waals surface area contributed by atoms with E-state index in [0.29, 0.717) is 48.0 Å². The molecule has 3 heterocycles. The molecule has 0 radical (unpaired) electrons. The summed E-state index contributed by atoms with van der Waals surface area (Å²) in [5, 5.41) is 0. The first kappa shape index (κ1) is 18.8. The number of hydrogen-bond acceptors (Lipinski definition) is 6. The van der Waals surface area contributed by atoms with Crippen LogP contribution in [0.15, 0.2) is 41.5 Å². The number of H-pyrrole nitrogens is 1. The van der Waals surface area contributed by atoms with E-state index in [9.17, 15) is 9.59 Å². The summed E-state index contributed by atoms with van der Waals surface area (Å²) in [5.74, 6) is 1.02. The molecule has 8 nitrogen and oxygen atoms in total. The van der Waals surface area contributed by atoms with E-state index in [1.54, 1.807) is 24.4 Å². The van der Waals surface area contributed by atoms with Gasteiger partial charge in [0.05, 0.1) is 37.7 Å². The summed E-state index contributed by atoms with van der Waals surface area (Å²) in [6.45, 7) is 2.61. The molecule has 1 N–H and O–H groups in total. The van der Waals surface area contributed by atoms with Gasteiger partial charge >= 0.3 is 0 Å². The van der Waals surface area contributed by atoms with Crippen LogP contribution in [0.1, 0.15) is 22.5 Å². The lowest BCUT2D eigenvalue weighted by Gasteiger charge is -2.28. The summed E-state index contributed by atoms with van der Waals surface area (Å²) < 4.78 is 5.34. The predicted molar refractivity (Wildman–Crippen MR) is 106 cm³/mol. The van der Waals surface area contributed by atoms with E-state index < -0.39 is 0 Å². The highest BCUT2D eigenvalue weighted by atomic mass is 16.5. The maximum atomic E-state index is 12.9. The average molecular weight is 391 g/mol. The van der Waals surface area contributed by atoms with Gasteiger partial charge in [-0.2, -0.15) is 0 Å². The van der Waals surface area contributed by atoms with Gasteiger partial charge in [-0.3, -0.25) is 14.6 Å². The lowest BCUT2D eigenvalue weighted by Crippen LogP contribution is -2.40. The fraction of sp³-hybridized carbons (Fsp3) is 0.286. The van der Waals surface area contributed by atoms with Crippen LogP contribution in [-0.2, 0) is 24.2 Å². The highest BCUT2D eigenvalue weighted by Crippen LogP contribution is 2.21. The number of ether oxygens (including phenoxy) is 1. The van der Waals surface area contributed by atoms with E-state index in [1.165, 1.54) is 0 Å². The molecule has 2 aromatic heterocycles. The summed E-state index contributed by atoms with van der Waals surface area (Å²) in [4.78, 5) is 42.9. The first-order valence-corrected chi connectivity index (χ1v) is 9.36. The van der Waals surface area contributed by atoms with Crippen molar-refractivity contribution in [2.45, 2.75) is 26.3 Å². The number of methoxy groups -OCH3 is 1. The van der Waals surface area contributed by atoms with Crippen molar-refractivity contribution in [1.82, 2.24) is 24.8 Å². The zero-order valence-electron chi connectivity index (χ0n) is 16.3. The third-order valence-electron chi connectivity index (χ3n) is 4.98. The number of amides is 1. The number of aromatic amines is 1. The fourth-order valence-corrected chi connectivity index (χ4v) is 3.41. The number of nitrogens with zero attached hydrogens (tertiary/aromatic N) is 4. The van der Waals surface area contributed by atoms with Gasteiger partial charge in [-0.15, -0.1) is 0 Å². The molecule has 3 aromatic rings. The Hall–Kier alpha value is -3.55. The van der Waals surface area contributed by atoms with Gasteiger partial charge in [0.15, 0.2) is 5.82 Å². The van der Waals surface area contributed by atoms with E-state index in [4.69, 9.17) is 4.74 Å². The van der Waals surface area contributed by atoms with Crippen LogP contribution in [-0.4, -0.2) is 44.4 Å². The first-order chi connectivity index (χ1) is 14.0. The highest BCUT2D eigenvalue weighted by molar-refractivity contribution is 5.79. The number of hydrogen-bond donors (Lipinski definition) is 1. The van der Waals surface area contributed by atoms with Crippen LogP contribution in [0.4, 0.5) is 0 Å². The zero-order chi connectivity index (χ0) is 20.4. The highest BCUT2D eigenvalue weighted by Gasteiger charge is 2.25. The molecule has 0 aliphatic carbocycles. The molecule has 1 aliphatic heterocycles. The van der Waals surface area contributed by atoms with E-state index in [1.807, 2.05) is 31.2 Å². The van der Waals surface area contributed by atoms with Crippen LogP contribution in [0.5, 0.6) is 5.75 Å². The number of aromatic nitrogens is 4. The Morgan fingerprint density at radius 1 is 1.24 bits per heavy atom. The van der Waals surface area contributed by atoms with Crippen LogP contribution in [0.25, 0.3) is 11.5 Å². The molecule has 4 rings (SSSR count). The number of benzene rings is 1. The van der Waals surface area contributed by atoms with Gasteiger partial charge in [0.2, 0.25) is 5.91 Å². The molecule has 148 valence electrons. The summed E-state index contributed by atoms with van der Waals surface area (Å²) in [7, 11) is 1.59. The second-order valence-corrected chi connectivity index (χ2v) is 6.94. The minimum absolute atomic E-state index is 0.0288. The van der Waals surface area contributed by atoms with Gasteiger partial charge < -0.3 is 14.6 Å². The van der Waals surface area contributed by atoms with E-state index in [0.717, 1.165) is 11.3 Å². The van der Waals surface area contributed by atoms with E-state index in [2.05, 4.69) is 19.9 Å². The van der Waals surface area contributed by atoms with Gasteiger partial charge in [0, 0.05) is 23.9 Å². The molecule has 0 unspecified atom stereocenters. The molecule has 8 heteroatoms. The number of rotatable bonds is 4. The molecule has 1 amide bonds. The molecule has 0 bridgehead atoms. The first-order valence-electron chi connectivity index (χ1n) is 9.36. The smallest absolute Gasteiger partial charge is 0.254 e. The molecule has 1 aromatic carbocycles. The summed E-state index contributed by atoms with van der Waals surface area (Å²) in [5.41, 5.74) is 3.14. The Kier molecular flexibility index (Phi) is 5.07. The van der Waals surface area contributed by atoms with Crippen molar-refractivity contribution in [3.05, 3.63) is 69.5 Å². The number of carbonyl (C=O) groups excluding carboxylic acids is 1. The maximum absolute atomic E-state index is 12.9. The molecule has 0 saturated heterocycles. The summed E-state index contributed by atoms with van der Waals surface area (Å²) in [6, 6.07) is 7.47. The van der Waals surface area contributed by atoms with E-state index >= 15 is 0 Å².